The summed E-state index contributed by atoms with van der Waals surface area (Å²) in [5, 5.41) is 0. The molecule has 0 aromatic heterocycles. The number of ether oxygens (including phenoxy) is 2. The third-order valence-corrected chi connectivity index (χ3v) is 5.16. The molecule has 0 radical (unpaired) electrons. The van der Waals surface area contributed by atoms with Crippen molar-refractivity contribution in [3.63, 3.8) is 0 Å². The molecule has 1 aliphatic heterocycles. The van der Waals surface area contributed by atoms with Gasteiger partial charge in [0.05, 0.1) is 0 Å². The van der Waals surface area contributed by atoms with Crippen LogP contribution in [0.4, 0.5) is 0 Å². The monoisotopic (exact) mass is 286 g/mol. The number of rotatable bonds is 2. The van der Waals surface area contributed by atoms with Gasteiger partial charge in [-0.25, -0.2) is 0 Å². The number of fused-ring (bicyclic) bond motifs is 1. The highest BCUT2D eigenvalue weighted by Gasteiger charge is 2.42. The van der Waals surface area contributed by atoms with E-state index in [1.54, 1.807) is 0 Å². The van der Waals surface area contributed by atoms with Crippen LogP contribution in [0, 0.1) is 5.92 Å². The van der Waals surface area contributed by atoms with Crippen molar-refractivity contribution in [2.45, 2.75) is 63.6 Å². The van der Waals surface area contributed by atoms with Crippen LogP contribution < -0.4 is 9.47 Å². The lowest BCUT2D eigenvalue weighted by Crippen LogP contribution is -2.40. The molecule has 0 saturated heterocycles. The van der Waals surface area contributed by atoms with Crippen molar-refractivity contribution >= 4 is 5.78 Å². The number of hydrogen-bond acceptors (Lipinski definition) is 3. The van der Waals surface area contributed by atoms with E-state index in [2.05, 4.69) is 0 Å². The average Bonchev–Trinajstić information content (AvgIpc) is 3.13. The Balaban J connectivity index is 1.56. The van der Waals surface area contributed by atoms with Gasteiger partial charge in [-0.05, 0) is 43.9 Å². The summed E-state index contributed by atoms with van der Waals surface area (Å²) in [7, 11) is 0. The van der Waals surface area contributed by atoms with Gasteiger partial charge in [0.15, 0.2) is 17.3 Å². The summed E-state index contributed by atoms with van der Waals surface area (Å²) in [6, 6.07) is 5.73. The van der Waals surface area contributed by atoms with Crippen LogP contribution in [0.1, 0.15) is 68.1 Å². The van der Waals surface area contributed by atoms with Crippen molar-refractivity contribution in [2.24, 2.45) is 5.92 Å². The third-order valence-electron chi connectivity index (χ3n) is 5.16. The third kappa shape index (κ3) is 2.33. The molecule has 3 heteroatoms. The fraction of sp³-hybridized carbons (Fsp3) is 0.611. The molecular weight excluding hydrogens is 264 g/mol. The number of carbonyl (C=O) groups is 1. The van der Waals surface area contributed by atoms with E-state index in [9.17, 15) is 4.79 Å². The SMILES string of the molecule is O=C(c1ccc2c(c1)OC1(CCCCC1)O2)C1CCCC1. The molecule has 1 heterocycles. The summed E-state index contributed by atoms with van der Waals surface area (Å²) < 4.78 is 12.2. The number of hydrogen-bond donors (Lipinski definition) is 0. The largest absolute Gasteiger partial charge is 0.448 e. The Morgan fingerprint density at radius 1 is 0.952 bits per heavy atom. The number of carbonyl (C=O) groups excluding carboxylic acids is 1. The Morgan fingerprint density at radius 2 is 1.67 bits per heavy atom. The van der Waals surface area contributed by atoms with Gasteiger partial charge in [-0.3, -0.25) is 4.79 Å². The zero-order valence-electron chi connectivity index (χ0n) is 12.4. The van der Waals surface area contributed by atoms with Crippen LogP contribution in [0.2, 0.25) is 0 Å². The van der Waals surface area contributed by atoms with E-state index in [1.165, 1.54) is 19.3 Å². The summed E-state index contributed by atoms with van der Waals surface area (Å²) in [6.07, 6.45) is 9.92. The molecule has 0 unspecified atom stereocenters. The number of Topliss-reactive ketones (excluding diaryl/α,β-unsaturated/α-hetero) is 1. The highest BCUT2D eigenvalue weighted by atomic mass is 16.7. The minimum Gasteiger partial charge on any atom is -0.448 e. The van der Waals surface area contributed by atoms with Crippen LogP contribution in [0.5, 0.6) is 11.5 Å². The molecule has 3 aliphatic rings. The van der Waals surface area contributed by atoms with Crippen LogP contribution in [-0.2, 0) is 0 Å². The molecule has 3 nitrogen and oxygen atoms in total. The molecule has 1 aromatic carbocycles. The molecule has 21 heavy (non-hydrogen) atoms. The minimum absolute atomic E-state index is 0.217. The second-order valence-corrected chi connectivity index (χ2v) is 6.68. The van der Waals surface area contributed by atoms with E-state index in [0.717, 1.165) is 55.6 Å². The highest BCUT2D eigenvalue weighted by molar-refractivity contribution is 5.98. The first-order chi connectivity index (χ1) is 10.3. The summed E-state index contributed by atoms with van der Waals surface area (Å²) in [5.41, 5.74) is 0.789. The molecule has 0 N–H and O–H groups in total. The van der Waals surface area contributed by atoms with Crippen LogP contribution in [-0.4, -0.2) is 11.6 Å². The zero-order valence-corrected chi connectivity index (χ0v) is 12.4. The van der Waals surface area contributed by atoms with E-state index < -0.39 is 5.79 Å². The van der Waals surface area contributed by atoms with Gasteiger partial charge in [-0.15, -0.1) is 0 Å². The predicted octanol–water partition coefficient (Wildman–Crippen LogP) is 4.49. The summed E-state index contributed by atoms with van der Waals surface area (Å²) in [4.78, 5) is 12.5. The van der Waals surface area contributed by atoms with Gasteiger partial charge < -0.3 is 9.47 Å². The van der Waals surface area contributed by atoms with Crippen molar-refractivity contribution in [2.75, 3.05) is 0 Å². The molecule has 0 bridgehead atoms. The Labute approximate surface area is 125 Å². The molecule has 0 amide bonds. The molecule has 1 spiro atoms. The Bertz CT molecular complexity index is 552. The predicted molar refractivity (Wildman–Crippen MR) is 79.8 cm³/mol. The number of benzene rings is 1. The topological polar surface area (TPSA) is 35.5 Å². The highest BCUT2D eigenvalue weighted by Crippen LogP contribution is 2.46. The Hall–Kier alpha value is -1.51. The smallest absolute Gasteiger partial charge is 0.251 e. The van der Waals surface area contributed by atoms with Crippen LogP contribution >= 0.6 is 0 Å². The molecule has 2 saturated carbocycles. The second-order valence-electron chi connectivity index (χ2n) is 6.68. The van der Waals surface area contributed by atoms with Crippen molar-refractivity contribution < 1.29 is 14.3 Å². The van der Waals surface area contributed by atoms with Crippen molar-refractivity contribution in [1.29, 1.82) is 0 Å². The van der Waals surface area contributed by atoms with E-state index in [1.807, 2.05) is 18.2 Å². The van der Waals surface area contributed by atoms with E-state index >= 15 is 0 Å². The maximum Gasteiger partial charge on any atom is 0.251 e. The maximum absolute atomic E-state index is 12.5. The molecule has 0 atom stereocenters. The van der Waals surface area contributed by atoms with Gasteiger partial charge in [0.1, 0.15) is 0 Å². The van der Waals surface area contributed by atoms with Crippen molar-refractivity contribution in [3.05, 3.63) is 23.8 Å². The van der Waals surface area contributed by atoms with Crippen LogP contribution in [0.3, 0.4) is 0 Å². The molecule has 112 valence electrons. The molecule has 4 rings (SSSR count). The lowest BCUT2D eigenvalue weighted by atomic mass is 9.94. The van der Waals surface area contributed by atoms with Gasteiger partial charge >= 0.3 is 0 Å². The normalized spacial score (nSPS) is 23.6. The van der Waals surface area contributed by atoms with Crippen LogP contribution in [0.25, 0.3) is 0 Å². The molecular formula is C18H22O3. The maximum atomic E-state index is 12.5. The molecule has 2 aliphatic carbocycles. The van der Waals surface area contributed by atoms with Crippen molar-refractivity contribution in [1.82, 2.24) is 0 Å². The van der Waals surface area contributed by atoms with E-state index in [0.29, 0.717) is 0 Å². The Morgan fingerprint density at radius 3 is 2.43 bits per heavy atom. The lowest BCUT2D eigenvalue weighted by Gasteiger charge is -2.31. The summed E-state index contributed by atoms with van der Waals surface area (Å²) >= 11 is 0. The van der Waals surface area contributed by atoms with Gasteiger partial charge in [-0.1, -0.05) is 19.3 Å². The van der Waals surface area contributed by atoms with E-state index in [-0.39, 0.29) is 11.7 Å². The van der Waals surface area contributed by atoms with Gasteiger partial charge in [-0.2, -0.15) is 0 Å². The first-order valence-electron chi connectivity index (χ1n) is 8.32. The quantitative estimate of drug-likeness (QED) is 0.751. The Kier molecular flexibility index (Phi) is 3.16. The standard InChI is InChI=1S/C18H22O3/c19-17(13-6-2-3-7-13)14-8-9-15-16(12-14)21-18(20-15)10-4-1-5-11-18/h8-9,12-13H,1-7,10-11H2. The van der Waals surface area contributed by atoms with Crippen LogP contribution in [0.15, 0.2) is 18.2 Å². The minimum atomic E-state index is -0.449. The first kappa shape index (κ1) is 13.2. The summed E-state index contributed by atoms with van der Waals surface area (Å²) in [5.74, 6) is 1.62. The molecule has 2 fully saturated rings. The number of ketones is 1. The van der Waals surface area contributed by atoms with Gasteiger partial charge in [0.2, 0.25) is 0 Å². The summed E-state index contributed by atoms with van der Waals surface area (Å²) in [6.45, 7) is 0. The second kappa shape index (κ2) is 5.04. The first-order valence-corrected chi connectivity index (χ1v) is 8.32. The van der Waals surface area contributed by atoms with E-state index in [4.69, 9.17) is 9.47 Å². The van der Waals surface area contributed by atoms with Gasteiger partial charge in [0, 0.05) is 24.3 Å². The lowest BCUT2D eigenvalue weighted by molar-refractivity contribution is -0.105. The fourth-order valence-corrected chi connectivity index (χ4v) is 3.97. The fourth-order valence-electron chi connectivity index (χ4n) is 3.97. The molecule has 1 aromatic rings. The van der Waals surface area contributed by atoms with Gasteiger partial charge in [0.25, 0.3) is 5.79 Å². The average molecular weight is 286 g/mol. The van der Waals surface area contributed by atoms with Crippen molar-refractivity contribution in [3.8, 4) is 11.5 Å². The zero-order chi connectivity index (χ0) is 14.3.